The van der Waals surface area contributed by atoms with E-state index in [4.69, 9.17) is 10.5 Å². The zero-order valence-electron chi connectivity index (χ0n) is 13.6. The van der Waals surface area contributed by atoms with E-state index in [1.54, 1.807) is 20.8 Å². The first-order chi connectivity index (χ1) is 9.47. The molecule has 0 rings (SSSR count). The highest BCUT2D eigenvalue weighted by molar-refractivity contribution is 5.90. The van der Waals surface area contributed by atoms with E-state index < -0.39 is 35.6 Å². The lowest BCUT2D eigenvalue weighted by Gasteiger charge is -2.27. The molecule has 0 aliphatic heterocycles. The Kier molecular flexibility index (Phi) is 7.18. The van der Waals surface area contributed by atoms with E-state index in [0.29, 0.717) is 6.42 Å². The monoisotopic (exact) mass is 301 g/mol. The molecule has 0 aliphatic rings. The van der Waals surface area contributed by atoms with E-state index in [1.807, 2.05) is 13.8 Å². The SMILES string of the molecule is CC[C@@H](C)[C@H](NC(=O)OC(C)(C)C)C(=O)N[C@@H](C)C(N)=O. The highest BCUT2D eigenvalue weighted by Gasteiger charge is 2.29. The molecule has 3 amide bonds. The Hall–Kier alpha value is -1.79. The molecule has 0 aliphatic carbocycles. The van der Waals surface area contributed by atoms with Gasteiger partial charge in [0.25, 0.3) is 0 Å². The number of hydrogen-bond donors (Lipinski definition) is 3. The number of rotatable bonds is 6. The molecule has 0 spiro atoms. The summed E-state index contributed by atoms with van der Waals surface area (Å²) < 4.78 is 5.14. The first kappa shape index (κ1) is 19.2. The minimum Gasteiger partial charge on any atom is -0.444 e. The molecule has 122 valence electrons. The van der Waals surface area contributed by atoms with Gasteiger partial charge in [0, 0.05) is 0 Å². The van der Waals surface area contributed by atoms with Crippen LogP contribution in [-0.2, 0) is 14.3 Å². The molecule has 0 saturated heterocycles. The molecule has 7 heteroatoms. The fourth-order valence-electron chi connectivity index (χ4n) is 1.51. The molecule has 0 fully saturated rings. The second kappa shape index (κ2) is 7.85. The summed E-state index contributed by atoms with van der Waals surface area (Å²) in [6, 6.07) is -1.59. The second-order valence-corrected chi connectivity index (χ2v) is 6.14. The van der Waals surface area contributed by atoms with Crippen LogP contribution in [0.2, 0.25) is 0 Å². The largest absolute Gasteiger partial charge is 0.444 e. The number of ether oxygens (including phenoxy) is 1. The van der Waals surface area contributed by atoms with Gasteiger partial charge in [0.2, 0.25) is 11.8 Å². The summed E-state index contributed by atoms with van der Waals surface area (Å²) in [5, 5.41) is 5.02. The van der Waals surface area contributed by atoms with Gasteiger partial charge < -0.3 is 21.1 Å². The van der Waals surface area contributed by atoms with Crippen LogP contribution in [0.15, 0.2) is 0 Å². The van der Waals surface area contributed by atoms with Crippen molar-refractivity contribution in [3.05, 3.63) is 0 Å². The van der Waals surface area contributed by atoms with Crippen molar-refractivity contribution in [1.29, 1.82) is 0 Å². The molecule has 0 radical (unpaired) electrons. The van der Waals surface area contributed by atoms with Gasteiger partial charge in [-0.3, -0.25) is 9.59 Å². The minimum absolute atomic E-state index is 0.113. The summed E-state index contributed by atoms with van der Waals surface area (Å²) in [6.45, 7) is 10.4. The van der Waals surface area contributed by atoms with E-state index in [-0.39, 0.29) is 5.92 Å². The van der Waals surface area contributed by atoms with Crippen LogP contribution in [0.3, 0.4) is 0 Å². The van der Waals surface area contributed by atoms with E-state index >= 15 is 0 Å². The van der Waals surface area contributed by atoms with Crippen molar-refractivity contribution >= 4 is 17.9 Å². The van der Waals surface area contributed by atoms with Crippen molar-refractivity contribution in [2.45, 2.75) is 65.6 Å². The maximum Gasteiger partial charge on any atom is 0.408 e. The van der Waals surface area contributed by atoms with Crippen LogP contribution in [0.5, 0.6) is 0 Å². The highest BCUT2D eigenvalue weighted by Crippen LogP contribution is 2.11. The van der Waals surface area contributed by atoms with Crippen LogP contribution >= 0.6 is 0 Å². The third kappa shape index (κ3) is 7.53. The summed E-state index contributed by atoms with van der Waals surface area (Å²) in [7, 11) is 0. The van der Waals surface area contributed by atoms with Crippen LogP contribution in [0.4, 0.5) is 4.79 Å². The number of nitrogens with two attached hydrogens (primary N) is 1. The molecular weight excluding hydrogens is 274 g/mol. The van der Waals surface area contributed by atoms with Crippen molar-refractivity contribution in [2.75, 3.05) is 0 Å². The Morgan fingerprint density at radius 1 is 1.14 bits per heavy atom. The number of carbonyl (C=O) groups excluding carboxylic acids is 3. The van der Waals surface area contributed by atoms with Crippen molar-refractivity contribution in [3.63, 3.8) is 0 Å². The molecule has 7 nitrogen and oxygen atoms in total. The van der Waals surface area contributed by atoms with Gasteiger partial charge in [-0.2, -0.15) is 0 Å². The quantitative estimate of drug-likeness (QED) is 0.677. The van der Waals surface area contributed by atoms with Crippen LogP contribution in [0.25, 0.3) is 0 Å². The molecule has 0 aromatic rings. The van der Waals surface area contributed by atoms with Gasteiger partial charge in [-0.1, -0.05) is 20.3 Å². The molecule has 21 heavy (non-hydrogen) atoms. The van der Waals surface area contributed by atoms with Crippen molar-refractivity contribution in [2.24, 2.45) is 11.7 Å². The van der Waals surface area contributed by atoms with E-state index in [0.717, 1.165) is 0 Å². The lowest BCUT2D eigenvalue weighted by molar-refractivity contribution is -0.129. The summed E-state index contributed by atoms with van der Waals surface area (Å²) in [5.74, 6) is -1.21. The van der Waals surface area contributed by atoms with Gasteiger partial charge in [-0.25, -0.2) is 4.79 Å². The predicted molar refractivity (Wildman–Crippen MR) is 79.4 cm³/mol. The number of amides is 3. The van der Waals surface area contributed by atoms with Crippen molar-refractivity contribution < 1.29 is 19.1 Å². The van der Waals surface area contributed by atoms with Crippen LogP contribution in [0, 0.1) is 5.92 Å². The summed E-state index contributed by atoms with van der Waals surface area (Å²) in [6.07, 6.45) is 0.00781. The average Bonchev–Trinajstić information content (AvgIpc) is 2.32. The zero-order valence-corrected chi connectivity index (χ0v) is 13.6. The van der Waals surface area contributed by atoms with Crippen molar-refractivity contribution in [3.8, 4) is 0 Å². The molecule has 0 bridgehead atoms. The molecule has 0 aromatic heterocycles. The lowest BCUT2D eigenvalue weighted by atomic mass is 9.98. The predicted octanol–water partition coefficient (Wildman–Crippen LogP) is 0.916. The smallest absolute Gasteiger partial charge is 0.408 e. The van der Waals surface area contributed by atoms with Crippen LogP contribution < -0.4 is 16.4 Å². The summed E-state index contributed by atoms with van der Waals surface area (Å²) in [4.78, 5) is 35.0. The molecule has 0 aromatic carbocycles. The first-order valence-electron chi connectivity index (χ1n) is 7.07. The van der Waals surface area contributed by atoms with Crippen LogP contribution in [-0.4, -0.2) is 35.6 Å². The number of nitrogens with one attached hydrogen (secondary N) is 2. The number of hydrogen-bond acceptors (Lipinski definition) is 4. The van der Waals surface area contributed by atoms with Gasteiger partial charge in [-0.15, -0.1) is 0 Å². The van der Waals surface area contributed by atoms with Crippen molar-refractivity contribution in [1.82, 2.24) is 10.6 Å². The first-order valence-corrected chi connectivity index (χ1v) is 7.07. The fraction of sp³-hybridized carbons (Fsp3) is 0.786. The maximum absolute atomic E-state index is 12.2. The number of carbonyl (C=O) groups is 3. The molecule has 3 atom stereocenters. The second-order valence-electron chi connectivity index (χ2n) is 6.14. The third-order valence-electron chi connectivity index (χ3n) is 2.95. The minimum atomic E-state index is -0.801. The summed E-state index contributed by atoms with van der Waals surface area (Å²) in [5.41, 5.74) is 4.46. The Labute approximate surface area is 126 Å². The lowest BCUT2D eigenvalue weighted by Crippen LogP contribution is -2.54. The number of alkyl carbamates (subject to hydrolysis) is 1. The Bertz CT molecular complexity index is 390. The zero-order chi connectivity index (χ0) is 16.8. The fourth-order valence-corrected chi connectivity index (χ4v) is 1.51. The molecule has 0 heterocycles. The van der Waals surface area contributed by atoms with Gasteiger partial charge in [-0.05, 0) is 33.6 Å². The van der Waals surface area contributed by atoms with E-state index in [2.05, 4.69) is 10.6 Å². The third-order valence-corrected chi connectivity index (χ3v) is 2.95. The molecule has 0 saturated carbocycles. The Morgan fingerprint density at radius 2 is 1.67 bits per heavy atom. The number of primary amides is 1. The van der Waals surface area contributed by atoms with Gasteiger partial charge in [0.05, 0.1) is 0 Å². The Morgan fingerprint density at radius 3 is 2.05 bits per heavy atom. The molecule has 4 N–H and O–H groups in total. The highest BCUT2D eigenvalue weighted by atomic mass is 16.6. The molecular formula is C14H27N3O4. The molecule has 0 unspecified atom stereocenters. The van der Waals surface area contributed by atoms with Gasteiger partial charge in [0.15, 0.2) is 0 Å². The van der Waals surface area contributed by atoms with Gasteiger partial charge in [0.1, 0.15) is 17.7 Å². The summed E-state index contributed by atoms with van der Waals surface area (Å²) >= 11 is 0. The normalized spacial score (nSPS) is 15.5. The van der Waals surface area contributed by atoms with E-state index in [1.165, 1.54) is 6.92 Å². The topological polar surface area (TPSA) is 111 Å². The van der Waals surface area contributed by atoms with Gasteiger partial charge >= 0.3 is 6.09 Å². The van der Waals surface area contributed by atoms with E-state index in [9.17, 15) is 14.4 Å². The average molecular weight is 301 g/mol. The Balaban J connectivity index is 4.84. The standard InChI is InChI=1S/C14H27N3O4/c1-7-8(2)10(12(19)16-9(3)11(15)18)17-13(20)21-14(4,5)6/h8-10H,7H2,1-6H3,(H2,15,18)(H,16,19)(H,17,20)/t8-,9+,10+/m1/s1. The maximum atomic E-state index is 12.2. The van der Waals surface area contributed by atoms with Crippen LogP contribution in [0.1, 0.15) is 48.0 Å².